The zero-order chi connectivity index (χ0) is 12.3. The summed E-state index contributed by atoms with van der Waals surface area (Å²) in [5.74, 6) is 0. The third-order valence-corrected chi connectivity index (χ3v) is 1.90. The molecular formula is C8H6F2N4O2. The van der Waals surface area contributed by atoms with E-state index in [-0.39, 0.29) is 5.56 Å². The first-order valence-corrected chi connectivity index (χ1v) is 4.05. The fourth-order valence-corrected chi connectivity index (χ4v) is 1.17. The molecule has 16 heavy (non-hydrogen) atoms. The number of rotatable bonds is 3. The van der Waals surface area contributed by atoms with Crippen LogP contribution >= 0.6 is 0 Å². The summed E-state index contributed by atoms with van der Waals surface area (Å²) >= 11 is 0. The van der Waals surface area contributed by atoms with Crippen LogP contribution < -0.4 is 5.73 Å². The Morgan fingerprint density at radius 2 is 2.31 bits per heavy atom. The van der Waals surface area contributed by atoms with Gasteiger partial charge in [0.25, 0.3) is 12.1 Å². The molecule has 0 bridgehead atoms. The van der Waals surface area contributed by atoms with Gasteiger partial charge in [0.05, 0.1) is 28.7 Å². The second-order valence-electron chi connectivity index (χ2n) is 2.81. The molecule has 6 nitrogen and oxygen atoms in total. The average Bonchev–Trinajstić information content (AvgIpc) is 2.20. The van der Waals surface area contributed by atoms with Gasteiger partial charge in [-0.1, -0.05) is 0 Å². The van der Waals surface area contributed by atoms with Gasteiger partial charge < -0.3 is 5.73 Å². The molecule has 0 unspecified atom stereocenters. The molecule has 8 heteroatoms. The predicted molar refractivity (Wildman–Crippen MR) is 49.6 cm³/mol. The molecule has 84 valence electrons. The van der Waals surface area contributed by atoms with Gasteiger partial charge >= 0.3 is 0 Å². The SMILES string of the molecule is N#CCc1c([N+](=O)[O-])cnc(C(F)F)c1N. The van der Waals surface area contributed by atoms with Gasteiger partial charge in [-0.25, -0.2) is 13.8 Å². The normalized spacial score (nSPS) is 10.1. The van der Waals surface area contributed by atoms with Crippen molar-refractivity contribution in [2.75, 3.05) is 5.73 Å². The molecule has 0 radical (unpaired) electrons. The van der Waals surface area contributed by atoms with Crippen LogP contribution in [0, 0.1) is 21.4 Å². The molecule has 1 aromatic rings. The van der Waals surface area contributed by atoms with Crippen LogP contribution in [0.3, 0.4) is 0 Å². The Bertz CT molecular complexity index is 470. The molecule has 0 saturated carbocycles. The van der Waals surface area contributed by atoms with Crippen LogP contribution in [-0.4, -0.2) is 9.91 Å². The number of nitrogen functional groups attached to an aromatic ring is 1. The van der Waals surface area contributed by atoms with E-state index in [9.17, 15) is 18.9 Å². The summed E-state index contributed by atoms with van der Waals surface area (Å²) in [7, 11) is 0. The number of aromatic nitrogens is 1. The topological polar surface area (TPSA) is 106 Å². The summed E-state index contributed by atoms with van der Waals surface area (Å²) in [6, 6.07) is 1.63. The molecule has 1 rings (SSSR count). The highest BCUT2D eigenvalue weighted by atomic mass is 19.3. The van der Waals surface area contributed by atoms with E-state index in [4.69, 9.17) is 11.0 Å². The Labute approximate surface area is 88.5 Å². The number of nitriles is 1. The van der Waals surface area contributed by atoms with Crippen molar-refractivity contribution < 1.29 is 13.7 Å². The lowest BCUT2D eigenvalue weighted by Gasteiger charge is -2.07. The van der Waals surface area contributed by atoms with E-state index in [0.717, 1.165) is 0 Å². The van der Waals surface area contributed by atoms with Gasteiger partial charge in [-0.15, -0.1) is 0 Å². The molecule has 0 saturated heterocycles. The van der Waals surface area contributed by atoms with Crippen molar-refractivity contribution in [2.45, 2.75) is 12.8 Å². The van der Waals surface area contributed by atoms with Crippen LogP contribution in [-0.2, 0) is 6.42 Å². The standard InChI is InChI=1S/C8H6F2N4O2/c9-8(10)7-6(12)4(1-2-11)5(3-13-7)14(15)16/h3,8H,1,12H2. The molecule has 0 fully saturated rings. The summed E-state index contributed by atoms with van der Waals surface area (Å²) in [5, 5.41) is 19.0. The zero-order valence-electron chi connectivity index (χ0n) is 7.85. The van der Waals surface area contributed by atoms with Crippen molar-refractivity contribution in [3.05, 3.63) is 27.6 Å². The molecule has 0 aliphatic heterocycles. The molecule has 1 heterocycles. The van der Waals surface area contributed by atoms with Crippen LogP contribution in [0.2, 0.25) is 0 Å². The van der Waals surface area contributed by atoms with Crippen LogP contribution in [0.15, 0.2) is 6.20 Å². The predicted octanol–water partition coefficient (Wildman–Crippen LogP) is 1.58. The van der Waals surface area contributed by atoms with Crippen LogP contribution in [0.1, 0.15) is 17.7 Å². The van der Waals surface area contributed by atoms with Crippen molar-refractivity contribution >= 4 is 11.4 Å². The van der Waals surface area contributed by atoms with Crippen molar-refractivity contribution in [2.24, 2.45) is 0 Å². The number of alkyl halides is 2. The molecule has 0 aromatic carbocycles. The fraction of sp³-hybridized carbons (Fsp3) is 0.250. The Morgan fingerprint density at radius 3 is 2.75 bits per heavy atom. The summed E-state index contributed by atoms with van der Waals surface area (Å²) in [4.78, 5) is 12.9. The first-order chi connectivity index (χ1) is 7.49. The monoisotopic (exact) mass is 228 g/mol. The Morgan fingerprint density at radius 1 is 1.69 bits per heavy atom. The molecule has 0 atom stereocenters. The van der Waals surface area contributed by atoms with E-state index in [1.54, 1.807) is 6.07 Å². The third-order valence-electron chi connectivity index (χ3n) is 1.90. The highest BCUT2D eigenvalue weighted by molar-refractivity contribution is 5.60. The van der Waals surface area contributed by atoms with Crippen molar-refractivity contribution in [1.82, 2.24) is 4.98 Å². The maximum atomic E-state index is 12.4. The smallest absolute Gasteiger partial charge is 0.293 e. The van der Waals surface area contributed by atoms with Crippen LogP contribution in [0.25, 0.3) is 0 Å². The van der Waals surface area contributed by atoms with Crippen molar-refractivity contribution in [1.29, 1.82) is 5.26 Å². The van der Waals surface area contributed by atoms with E-state index in [2.05, 4.69) is 4.98 Å². The number of halogens is 2. The Hall–Kier alpha value is -2.30. The lowest BCUT2D eigenvalue weighted by atomic mass is 10.1. The number of pyridine rings is 1. The van der Waals surface area contributed by atoms with Crippen molar-refractivity contribution in [3.63, 3.8) is 0 Å². The van der Waals surface area contributed by atoms with Crippen LogP contribution in [0.4, 0.5) is 20.2 Å². The first kappa shape index (κ1) is 11.8. The highest BCUT2D eigenvalue weighted by Gasteiger charge is 2.23. The largest absolute Gasteiger partial charge is 0.397 e. The second kappa shape index (κ2) is 4.48. The van der Waals surface area contributed by atoms with E-state index < -0.39 is 34.8 Å². The minimum absolute atomic E-state index is 0.224. The van der Waals surface area contributed by atoms with Gasteiger partial charge in [0.15, 0.2) is 0 Å². The summed E-state index contributed by atoms with van der Waals surface area (Å²) in [6.45, 7) is 0. The average molecular weight is 228 g/mol. The first-order valence-electron chi connectivity index (χ1n) is 4.05. The summed E-state index contributed by atoms with van der Waals surface area (Å²) in [5.41, 5.74) is 3.33. The minimum atomic E-state index is -2.93. The van der Waals surface area contributed by atoms with E-state index in [0.29, 0.717) is 6.20 Å². The third kappa shape index (κ3) is 2.03. The lowest BCUT2D eigenvalue weighted by molar-refractivity contribution is -0.385. The minimum Gasteiger partial charge on any atom is -0.397 e. The van der Waals surface area contributed by atoms with E-state index in [1.807, 2.05) is 0 Å². The number of hydrogen-bond acceptors (Lipinski definition) is 5. The van der Waals surface area contributed by atoms with E-state index in [1.165, 1.54) is 0 Å². The number of nitro groups is 1. The molecule has 0 aliphatic rings. The van der Waals surface area contributed by atoms with Gasteiger partial charge in [-0.2, -0.15) is 5.26 Å². The molecule has 1 aromatic heterocycles. The quantitative estimate of drug-likeness (QED) is 0.624. The van der Waals surface area contributed by atoms with Gasteiger partial charge in [0.1, 0.15) is 11.9 Å². The molecule has 2 N–H and O–H groups in total. The van der Waals surface area contributed by atoms with Gasteiger partial charge in [0.2, 0.25) is 0 Å². The Kier molecular flexibility index (Phi) is 3.30. The molecule has 0 aliphatic carbocycles. The summed E-state index contributed by atoms with van der Waals surface area (Å²) in [6.07, 6.45) is -2.66. The highest BCUT2D eigenvalue weighted by Crippen LogP contribution is 2.31. The Balaban J connectivity index is 3.42. The maximum absolute atomic E-state index is 12.4. The number of nitrogens with two attached hydrogens (primary N) is 1. The molecule has 0 spiro atoms. The van der Waals surface area contributed by atoms with Gasteiger partial charge in [0, 0.05) is 0 Å². The fourth-order valence-electron chi connectivity index (χ4n) is 1.17. The zero-order valence-corrected chi connectivity index (χ0v) is 7.85. The number of hydrogen-bond donors (Lipinski definition) is 1. The van der Waals surface area contributed by atoms with Crippen LogP contribution in [0.5, 0.6) is 0 Å². The van der Waals surface area contributed by atoms with Crippen molar-refractivity contribution in [3.8, 4) is 6.07 Å². The summed E-state index contributed by atoms with van der Waals surface area (Å²) < 4.78 is 24.8. The van der Waals surface area contributed by atoms with Gasteiger partial charge in [-0.05, 0) is 0 Å². The molecule has 0 amide bonds. The lowest BCUT2D eigenvalue weighted by Crippen LogP contribution is -2.06. The maximum Gasteiger partial charge on any atom is 0.293 e. The number of anilines is 1. The number of nitrogens with zero attached hydrogens (tertiary/aromatic N) is 3. The van der Waals surface area contributed by atoms with Gasteiger partial charge in [-0.3, -0.25) is 10.1 Å². The second-order valence-corrected chi connectivity index (χ2v) is 2.81. The van der Waals surface area contributed by atoms with E-state index >= 15 is 0 Å². The molecular weight excluding hydrogens is 222 g/mol.